The van der Waals surface area contributed by atoms with E-state index in [9.17, 15) is 24.9 Å². The molecule has 1 rings (SSSR count). The second kappa shape index (κ2) is 9.80. The van der Waals surface area contributed by atoms with Crippen LogP contribution in [0.3, 0.4) is 0 Å². The highest BCUT2D eigenvalue weighted by atomic mass is 16.5. The number of hydrogen-bond donors (Lipinski definition) is 3. The molecule has 1 fully saturated rings. The van der Waals surface area contributed by atoms with Crippen molar-refractivity contribution in [3.05, 3.63) is 12.7 Å². The summed E-state index contributed by atoms with van der Waals surface area (Å²) in [5, 5.41) is 31.8. The molecule has 0 aliphatic carbocycles. The molecule has 3 N–H and O–H groups in total. The molecule has 10 atom stereocenters. The summed E-state index contributed by atoms with van der Waals surface area (Å²) < 4.78 is 5.46. The van der Waals surface area contributed by atoms with Crippen molar-refractivity contribution in [3.63, 3.8) is 0 Å². The number of aliphatic hydroxyl groups excluding tert-OH is 3. The van der Waals surface area contributed by atoms with Gasteiger partial charge in [0.05, 0.1) is 24.2 Å². The molecule has 0 aromatic rings. The van der Waals surface area contributed by atoms with E-state index >= 15 is 0 Å². The molecule has 0 spiro atoms. The minimum atomic E-state index is -1.09. The van der Waals surface area contributed by atoms with E-state index in [0.29, 0.717) is 6.42 Å². The summed E-state index contributed by atoms with van der Waals surface area (Å²) in [6, 6.07) is 0. The number of Topliss-reactive ketones (excluding diaryl/α,β-unsaturated/α-hetero) is 1. The quantitative estimate of drug-likeness (QED) is 0.472. The minimum absolute atomic E-state index is 0.0961. The molecule has 0 bridgehead atoms. The maximum Gasteiger partial charge on any atom is 0.311 e. The molecule has 6 nitrogen and oxygen atoms in total. The van der Waals surface area contributed by atoms with Crippen LogP contribution >= 0.6 is 0 Å². The van der Waals surface area contributed by atoms with Crippen LogP contribution in [-0.4, -0.2) is 51.5 Å². The standard InChI is InChI=1S/C21H36O6/c1-8-16-12(4)19(24)13(5)17(22)10(2)9-11(3)18(23)14(6)20(25)15(7)21(26)27-16/h8,10-16,18-20,23-25H,1,9H2,2-7H3. The van der Waals surface area contributed by atoms with Crippen molar-refractivity contribution < 1.29 is 29.6 Å². The zero-order valence-electron chi connectivity index (χ0n) is 17.3. The third-order valence-corrected chi connectivity index (χ3v) is 6.26. The van der Waals surface area contributed by atoms with Crippen LogP contribution in [0.15, 0.2) is 12.7 Å². The monoisotopic (exact) mass is 384 g/mol. The summed E-state index contributed by atoms with van der Waals surface area (Å²) in [6.45, 7) is 13.9. The molecule has 27 heavy (non-hydrogen) atoms. The van der Waals surface area contributed by atoms with Gasteiger partial charge in [-0.25, -0.2) is 0 Å². The summed E-state index contributed by atoms with van der Waals surface area (Å²) in [4.78, 5) is 25.2. The number of ketones is 1. The minimum Gasteiger partial charge on any atom is -0.457 e. The number of carbonyl (C=O) groups is 2. The van der Waals surface area contributed by atoms with Crippen LogP contribution in [0.4, 0.5) is 0 Å². The van der Waals surface area contributed by atoms with Crippen LogP contribution in [0.5, 0.6) is 0 Å². The summed E-state index contributed by atoms with van der Waals surface area (Å²) in [6.07, 6.45) is -1.88. The van der Waals surface area contributed by atoms with Crippen LogP contribution < -0.4 is 0 Å². The lowest BCUT2D eigenvalue weighted by Crippen LogP contribution is -2.45. The summed E-state index contributed by atoms with van der Waals surface area (Å²) in [7, 11) is 0. The Balaban J connectivity index is 3.24. The van der Waals surface area contributed by atoms with Crippen molar-refractivity contribution in [2.24, 2.45) is 35.5 Å². The Morgan fingerprint density at radius 1 is 0.889 bits per heavy atom. The van der Waals surface area contributed by atoms with Gasteiger partial charge in [-0.1, -0.05) is 47.3 Å². The summed E-state index contributed by atoms with van der Waals surface area (Å²) in [5.41, 5.74) is 0. The van der Waals surface area contributed by atoms with Crippen LogP contribution in [0, 0.1) is 35.5 Å². The molecule has 0 amide bonds. The van der Waals surface area contributed by atoms with E-state index < -0.39 is 54.1 Å². The normalized spacial score (nSPS) is 45.7. The third kappa shape index (κ3) is 5.39. The molecule has 1 aliphatic rings. The molecule has 0 aromatic carbocycles. The summed E-state index contributed by atoms with van der Waals surface area (Å²) >= 11 is 0. The van der Waals surface area contributed by atoms with Gasteiger partial charge in [0.15, 0.2) is 0 Å². The fourth-order valence-electron chi connectivity index (χ4n) is 4.01. The number of aliphatic hydroxyl groups is 3. The zero-order chi connectivity index (χ0) is 21.0. The van der Waals surface area contributed by atoms with Crippen LogP contribution in [0.25, 0.3) is 0 Å². The average Bonchev–Trinajstić information content (AvgIpc) is 2.66. The number of ether oxygens (including phenoxy) is 1. The van der Waals surface area contributed by atoms with Gasteiger partial charge in [-0.3, -0.25) is 9.59 Å². The molecule has 10 unspecified atom stereocenters. The lowest BCUT2D eigenvalue weighted by Gasteiger charge is -2.35. The first kappa shape index (κ1) is 23.8. The van der Waals surface area contributed by atoms with Gasteiger partial charge in [-0.15, -0.1) is 0 Å². The Bertz CT molecular complexity index is 533. The Morgan fingerprint density at radius 3 is 1.93 bits per heavy atom. The molecule has 0 saturated carbocycles. The van der Waals surface area contributed by atoms with Crippen molar-refractivity contribution in [3.8, 4) is 0 Å². The van der Waals surface area contributed by atoms with Gasteiger partial charge in [0, 0.05) is 23.7 Å². The predicted molar refractivity (Wildman–Crippen MR) is 103 cm³/mol. The van der Waals surface area contributed by atoms with Gasteiger partial charge < -0.3 is 20.1 Å². The highest BCUT2D eigenvalue weighted by Crippen LogP contribution is 2.30. The Kier molecular flexibility index (Phi) is 8.64. The van der Waals surface area contributed by atoms with Gasteiger partial charge in [0.1, 0.15) is 11.9 Å². The lowest BCUT2D eigenvalue weighted by atomic mass is 9.77. The average molecular weight is 385 g/mol. The first-order valence-electron chi connectivity index (χ1n) is 9.84. The molecule has 1 saturated heterocycles. The number of carbonyl (C=O) groups excluding carboxylic acids is 2. The van der Waals surface area contributed by atoms with Crippen molar-refractivity contribution in [2.45, 2.75) is 72.4 Å². The van der Waals surface area contributed by atoms with E-state index in [1.807, 2.05) is 6.92 Å². The zero-order valence-corrected chi connectivity index (χ0v) is 17.3. The van der Waals surface area contributed by atoms with Gasteiger partial charge in [0.2, 0.25) is 0 Å². The van der Waals surface area contributed by atoms with Crippen LogP contribution in [0.1, 0.15) is 48.0 Å². The molecule has 156 valence electrons. The summed E-state index contributed by atoms with van der Waals surface area (Å²) in [5.74, 6) is -3.87. The molecule has 0 aromatic heterocycles. The SMILES string of the molecule is C=CC1OC(=O)C(C)C(O)C(C)C(O)C(C)CC(C)C(=O)C(C)C(O)C1C. The van der Waals surface area contributed by atoms with E-state index in [4.69, 9.17) is 4.74 Å². The fraction of sp³-hybridized carbons (Fsp3) is 0.810. The van der Waals surface area contributed by atoms with Crippen molar-refractivity contribution in [2.75, 3.05) is 0 Å². The number of hydrogen-bond acceptors (Lipinski definition) is 6. The molecule has 0 radical (unpaired) electrons. The maximum absolute atomic E-state index is 12.8. The van der Waals surface area contributed by atoms with Gasteiger partial charge in [-0.05, 0) is 19.3 Å². The van der Waals surface area contributed by atoms with Crippen LogP contribution in [0.2, 0.25) is 0 Å². The van der Waals surface area contributed by atoms with Crippen LogP contribution in [-0.2, 0) is 14.3 Å². The number of esters is 1. The molecular formula is C21H36O6. The van der Waals surface area contributed by atoms with E-state index in [1.165, 1.54) is 6.08 Å². The Hall–Kier alpha value is -1.24. The van der Waals surface area contributed by atoms with Crippen molar-refractivity contribution in [1.29, 1.82) is 0 Å². The Labute approximate surface area is 162 Å². The molecule has 6 heteroatoms. The number of cyclic esters (lactones) is 1. The van der Waals surface area contributed by atoms with E-state index in [-0.39, 0.29) is 17.6 Å². The van der Waals surface area contributed by atoms with Gasteiger partial charge in [0.25, 0.3) is 0 Å². The molecular weight excluding hydrogens is 348 g/mol. The molecule has 1 heterocycles. The first-order valence-corrected chi connectivity index (χ1v) is 9.84. The lowest BCUT2D eigenvalue weighted by molar-refractivity contribution is -0.162. The smallest absolute Gasteiger partial charge is 0.311 e. The maximum atomic E-state index is 12.8. The fourth-order valence-corrected chi connectivity index (χ4v) is 4.01. The second-order valence-electron chi connectivity index (χ2n) is 8.42. The molecule has 1 aliphatic heterocycles. The predicted octanol–water partition coefficient (Wildman–Crippen LogP) is 1.96. The largest absolute Gasteiger partial charge is 0.457 e. The first-order chi connectivity index (χ1) is 12.4. The van der Waals surface area contributed by atoms with Gasteiger partial charge in [-0.2, -0.15) is 0 Å². The van der Waals surface area contributed by atoms with E-state index in [0.717, 1.165) is 0 Å². The highest BCUT2D eigenvalue weighted by Gasteiger charge is 2.39. The topological polar surface area (TPSA) is 104 Å². The Morgan fingerprint density at radius 2 is 1.41 bits per heavy atom. The van der Waals surface area contributed by atoms with Gasteiger partial charge >= 0.3 is 5.97 Å². The highest BCUT2D eigenvalue weighted by molar-refractivity contribution is 5.83. The third-order valence-electron chi connectivity index (χ3n) is 6.26. The van der Waals surface area contributed by atoms with Crippen molar-refractivity contribution >= 4 is 11.8 Å². The van der Waals surface area contributed by atoms with Crippen molar-refractivity contribution in [1.82, 2.24) is 0 Å². The van der Waals surface area contributed by atoms with E-state index in [1.54, 1.807) is 34.6 Å². The van der Waals surface area contributed by atoms with E-state index in [2.05, 4.69) is 6.58 Å². The number of rotatable bonds is 1. The second-order valence-corrected chi connectivity index (χ2v) is 8.42.